The first kappa shape index (κ1) is 22.5. The Balaban J connectivity index is 1.55. The maximum Gasteiger partial charge on any atom is 0.409 e. The monoisotopic (exact) mass is 479 g/mol. The third-order valence-electron chi connectivity index (χ3n) is 5.62. The topological polar surface area (TPSA) is 122 Å². The minimum absolute atomic E-state index is 0.0253. The Hall–Kier alpha value is -2.70. The number of amides is 2. The molecule has 4 rings (SSSR count). The molecule has 0 aromatic heterocycles. The molecule has 0 saturated carbocycles. The third kappa shape index (κ3) is 3.93. The Kier molecular flexibility index (Phi) is 6.10. The number of nitro benzene ring substituents is 1. The molecule has 0 bridgehead atoms. The van der Waals surface area contributed by atoms with Crippen molar-refractivity contribution in [3.63, 3.8) is 0 Å². The van der Waals surface area contributed by atoms with E-state index in [9.17, 15) is 24.8 Å². The Morgan fingerprint density at radius 2 is 2.09 bits per heavy atom. The van der Waals surface area contributed by atoms with Gasteiger partial charge in [0.15, 0.2) is 0 Å². The first-order chi connectivity index (χ1) is 15.2. The second-order valence-electron chi connectivity index (χ2n) is 7.85. The second-order valence-corrected chi connectivity index (χ2v) is 9.38. The number of aliphatic hydroxyl groups is 1. The fourth-order valence-corrected chi connectivity index (χ4v) is 5.95. The van der Waals surface area contributed by atoms with Gasteiger partial charge >= 0.3 is 6.09 Å². The number of non-ortho nitro benzene ring substituents is 1. The number of cyclic esters (lactones) is 1. The Labute approximate surface area is 193 Å². The molecule has 2 fully saturated rings. The lowest BCUT2D eigenvalue weighted by Gasteiger charge is -2.44. The Morgan fingerprint density at radius 3 is 2.69 bits per heavy atom. The zero-order valence-electron chi connectivity index (χ0n) is 17.3. The lowest BCUT2D eigenvalue weighted by molar-refractivity contribution is -0.384. The van der Waals surface area contributed by atoms with Crippen molar-refractivity contribution in [3.8, 4) is 0 Å². The van der Waals surface area contributed by atoms with Gasteiger partial charge in [-0.15, -0.1) is 11.8 Å². The first-order valence-corrected chi connectivity index (χ1v) is 11.2. The van der Waals surface area contributed by atoms with Crippen molar-refractivity contribution in [2.45, 2.75) is 25.0 Å². The van der Waals surface area contributed by atoms with Crippen molar-refractivity contribution >= 4 is 46.7 Å². The van der Waals surface area contributed by atoms with Crippen LogP contribution in [0.1, 0.15) is 12.5 Å². The summed E-state index contributed by atoms with van der Waals surface area (Å²) in [6.07, 6.45) is -1.22. The number of nitro groups is 1. The Bertz CT molecular complexity index is 1010. The highest BCUT2D eigenvalue weighted by atomic mass is 32.2. The average Bonchev–Trinajstić information content (AvgIpc) is 3.09. The van der Waals surface area contributed by atoms with Crippen LogP contribution in [0.3, 0.4) is 0 Å². The molecule has 170 valence electrons. The van der Waals surface area contributed by atoms with Gasteiger partial charge in [-0.3, -0.25) is 19.8 Å². The number of β-lactam (4-membered cyclic amide) rings is 1. The van der Waals surface area contributed by atoms with Crippen LogP contribution < -0.4 is 0 Å². The summed E-state index contributed by atoms with van der Waals surface area (Å²) in [4.78, 5) is 38.6. The van der Waals surface area contributed by atoms with Crippen LogP contribution in [0.4, 0.5) is 10.5 Å². The van der Waals surface area contributed by atoms with E-state index in [1.54, 1.807) is 31.0 Å². The fraction of sp³-hybridized carbons (Fsp3) is 0.450. The number of hydrogen-bond donors (Lipinski definition) is 1. The standard InChI is InChI=1S/C20H21N3O7S2/c1-10(24)14-17(25)22-15(16(32-18(14)22)12-7-21(2)20(26)30-9-12)19(31)29-8-11-3-5-13(6-4-11)23(27)28/h3-6,10,12,14,18,24H,7-9H2,1-2H3/t10-,12?,14+,18-/m1/s1. The SMILES string of the molecule is C[C@@H](O)[C@H]1C(=O)N2C(C(=S)OCc3ccc([N+](=O)[O-])cc3)=C(C3COC(=O)N(C)C3)S[C@H]12. The van der Waals surface area contributed by atoms with E-state index < -0.39 is 23.0 Å². The van der Waals surface area contributed by atoms with Crippen molar-refractivity contribution in [2.75, 3.05) is 20.2 Å². The largest absolute Gasteiger partial charge is 0.477 e. The number of ether oxygens (including phenoxy) is 2. The van der Waals surface area contributed by atoms with Gasteiger partial charge in [0.1, 0.15) is 24.3 Å². The van der Waals surface area contributed by atoms with E-state index in [4.69, 9.17) is 21.7 Å². The van der Waals surface area contributed by atoms with Crippen LogP contribution in [0.5, 0.6) is 0 Å². The van der Waals surface area contributed by atoms with Gasteiger partial charge in [-0.1, -0.05) is 0 Å². The molecule has 3 heterocycles. The summed E-state index contributed by atoms with van der Waals surface area (Å²) in [5, 5.41) is 20.7. The van der Waals surface area contributed by atoms with Crippen LogP contribution >= 0.6 is 24.0 Å². The van der Waals surface area contributed by atoms with Crippen LogP contribution in [0, 0.1) is 22.0 Å². The number of fused-ring (bicyclic) bond motifs is 1. The summed E-state index contributed by atoms with van der Waals surface area (Å²) in [5.41, 5.74) is 1.13. The Morgan fingerprint density at radius 1 is 1.41 bits per heavy atom. The van der Waals surface area contributed by atoms with E-state index in [1.165, 1.54) is 28.8 Å². The summed E-state index contributed by atoms with van der Waals surface area (Å²) in [5.74, 6) is -0.967. The molecule has 2 saturated heterocycles. The highest BCUT2D eigenvalue weighted by Crippen LogP contribution is 2.53. The van der Waals surface area contributed by atoms with Crippen LogP contribution in [-0.2, 0) is 20.9 Å². The zero-order valence-corrected chi connectivity index (χ0v) is 18.9. The average molecular weight is 480 g/mol. The summed E-state index contributed by atoms with van der Waals surface area (Å²) >= 11 is 6.96. The minimum atomic E-state index is -0.807. The van der Waals surface area contributed by atoms with Gasteiger partial charge in [0.25, 0.3) is 5.69 Å². The predicted octanol–water partition coefficient (Wildman–Crippen LogP) is 2.26. The molecular formula is C20H21N3O7S2. The number of hydrogen-bond acceptors (Lipinski definition) is 9. The zero-order chi connectivity index (χ0) is 23.2. The van der Waals surface area contributed by atoms with E-state index in [0.717, 1.165) is 4.91 Å². The highest BCUT2D eigenvalue weighted by Gasteiger charge is 2.58. The normalized spacial score (nSPS) is 25.8. The van der Waals surface area contributed by atoms with Crippen molar-refractivity contribution in [1.29, 1.82) is 0 Å². The minimum Gasteiger partial charge on any atom is -0.477 e. The number of carbonyl (C=O) groups is 2. The fourth-order valence-electron chi connectivity index (χ4n) is 3.92. The van der Waals surface area contributed by atoms with Crippen molar-refractivity contribution < 1.29 is 29.1 Å². The molecule has 0 radical (unpaired) electrons. The number of aliphatic hydroxyl groups excluding tert-OH is 1. The number of thiocarbonyl (C=S) groups is 1. The second kappa shape index (κ2) is 8.68. The molecule has 10 nitrogen and oxygen atoms in total. The highest BCUT2D eigenvalue weighted by molar-refractivity contribution is 8.04. The molecule has 0 spiro atoms. The number of benzene rings is 1. The lowest BCUT2D eigenvalue weighted by atomic mass is 9.92. The number of nitrogens with zero attached hydrogens (tertiary/aromatic N) is 3. The summed E-state index contributed by atoms with van der Waals surface area (Å²) < 4.78 is 11.0. The van der Waals surface area contributed by atoms with Crippen molar-refractivity contribution in [3.05, 3.63) is 50.5 Å². The molecular weight excluding hydrogens is 458 g/mol. The van der Waals surface area contributed by atoms with E-state index >= 15 is 0 Å². The molecule has 1 aromatic rings. The predicted molar refractivity (Wildman–Crippen MR) is 118 cm³/mol. The van der Waals surface area contributed by atoms with E-state index in [-0.39, 0.29) is 41.2 Å². The van der Waals surface area contributed by atoms with Gasteiger partial charge in [0.05, 0.1) is 16.9 Å². The van der Waals surface area contributed by atoms with E-state index in [0.29, 0.717) is 17.8 Å². The summed E-state index contributed by atoms with van der Waals surface area (Å²) in [6, 6.07) is 5.92. The molecule has 1 N–H and O–H groups in total. The van der Waals surface area contributed by atoms with Gasteiger partial charge in [0.2, 0.25) is 11.0 Å². The van der Waals surface area contributed by atoms with E-state index in [1.807, 2.05) is 0 Å². The first-order valence-electron chi connectivity index (χ1n) is 9.89. The van der Waals surface area contributed by atoms with Crippen LogP contribution in [0.25, 0.3) is 0 Å². The maximum atomic E-state index is 12.8. The number of thioether (sulfide) groups is 1. The van der Waals surface area contributed by atoms with Crippen LogP contribution in [0.2, 0.25) is 0 Å². The van der Waals surface area contributed by atoms with Gasteiger partial charge in [-0.05, 0) is 36.8 Å². The quantitative estimate of drug-likeness (QED) is 0.283. The van der Waals surface area contributed by atoms with Gasteiger partial charge < -0.3 is 19.5 Å². The van der Waals surface area contributed by atoms with Crippen molar-refractivity contribution in [1.82, 2.24) is 9.80 Å². The van der Waals surface area contributed by atoms with E-state index in [2.05, 4.69) is 0 Å². The molecule has 32 heavy (non-hydrogen) atoms. The number of carbonyl (C=O) groups excluding carboxylic acids is 2. The lowest BCUT2D eigenvalue weighted by Crippen LogP contribution is -2.60. The molecule has 3 aliphatic rings. The molecule has 3 aliphatic heterocycles. The maximum absolute atomic E-state index is 12.8. The molecule has 0 aliphatic carbocycles. The third-order valence-corrected chi connectivity index (χ3v) is 7.46. The summed E-state index contributed by atoms with van der Waals surface area (Å²) in [6.45, 7) is 2.22. The van der Waals surface area contributed by atoms with Gasteiger partial charge in [-0.2, -0.15) is 0 Å². The van der Waals surface area contributed by atoms with Gasteiger partial charge in [-0.25, -0.2) is 4.79 Å². The molecule has 1 unspecified atom stereocenters. The van der Waals surface area contributed by atoms with Crippen LogP contribution in [0.15, 0.2) is 34.9 Å². The smallest absolute Gasteiger partial charge is 0.409 e. The molecule has 12 heteroatoms. The number of rotatable bonds is 6. The summed E-state index contributed by atoms with van der Waals surface area (Å²) in [7, 11) is 1.64. The van der Waals surface area contributed by atoms with Crippen LogP contribution in [-0.4, -0.2) is 68.6 Å². The van der Waals surface area contributed by atoms with Crippen molar-refractivity contribution in [2.24, 2.45) is 11.8 Å². The van der Waals surface area contributed by atoms with Gasteiger partial charge in [0, 0.05) is 36.5 Å². The molecule has 1 aromatic carbocycles. The molecule has 2 amide bonds. The molecule has 4 atom stereocenters.